The Balaban J connectivity index is 2.53. The van der Waals surface area contributed by atoms with Gasteiger partial charge in [-0.05, 0) is 40.2 Å². The zero-order chi connectivity index (χ0) is 12.9. The van der Waals surface area contributed by atoms with Gasteiger partial charge in [-0.3, -0.25) is 4.21 Å². The van der Waals surface area contributed by atoms with Crippen LogP contribution in [0.4, 0.5) is 0 Å². The summed E-state index contributed by atoms with van der Waals surface area (Å²) in [4.78, 5) is 0. The maximum absolute atomic E-state index is 12.2. The average Bonchev–Trinajstić information content (AvgIpc) is 2.75. The van der Waals surface area contributed by atoms with E-state index in [2.05, 4.69) is 12.2 Å². The van der Waals surface area contributed by atoms with Crippen LogP contribution in [0.2, 0.25) is 0 Å². The van der Waals surface area contributed by atoms with Gasteiger partial charge in [-0.1, -0.05) is 6.92 Å². The van der Waals surface area contributed by atoms with Crippen LogP contribution in [0.1, 0.15) is 40.5 Å². The predicted molar refractivity (Wildman–Crippen MR) is 73.8 cm³/mol. The molecule has 1 fully saturated rings. The Labute approximate surface area is 108 Å². The molecule has 0 saturated carbocycles. The molecule has 1 N–H and O–H groups in total. The molecule has 1 aliphatic heterocycles. The van der Waals surface area contributed by atoms with Crippen molar-refractivity contribution in [1.29, 1.82) is 0 Å². The minimum atomic E-state index is -0.785. The molecule has 1 heterocycles. The molecule has 102 valence electrons. The van der Waals surface area contributed by atoms with Crippen molar-refractivity contribution < 1.29 is 8.95 Å². The molecule has 1 saturated heterocycles. The third-order valence-corrected chi connectivity index (χ3v) is 5.23. The highest BCUT2D eigenvalue weighted by Crippen LogP contribution is 2.20. The van der Waals surface area contributed by atoms with Gasteiger partial charge in [-0.2, -0.15) is 0 Å². The van der Waals surface area contributed by atoms with E-state index >= 15 is 0 Å². The van der Waals surface area contributed by atoms with Gasteiger partial charge in [0, 0.05) is 39.9 Å². The third kappa shape index (κ3) is 5.06. The van der Waals surface area contributed by atoms with Crippen molar-refractivity contribution in [2.24, 2.45) is 5.92 Å². The summed E-state index contributed by atoms with van der Waals surface area (Å²) in [5.41, 5.74) is 0. The molecule has 0 aromatic carbocycles. The molecule has 1 aliphatic rings. The van der Waals surface area contributed by atoms with E-state index in [4.69, 9.17) is 4.74 Å². The highest BCUT2D eigenvalue weighted by molar-refractivity contribution is 7.86. The molecule has 1 rings (SSSR count). The molecule has 3 nitrogen and oxygen atoms in total. The lowest BCUT2D eigenvalue weighted by molar-refractivity contribution is 0.178. The topological polar surface area (TPSA) is 38.3 Å². The van der Waals surface area contributed by atoms with Gasteiger partial charge in [-0.15, -0.1) is 0 Å². The van der Waals surface area contributed by atoms with Gasteiger partial charge in [0.1, 0.15) is 0 Å². The van der Waals surface area contributed by atoms with E-state index in [9.17, 15) is 4.21 Å². The van der Waals surface area contributed by atoms with Gasteiger partial charge in [0.25, 0.3) is 0 Å². The van der Waals surface area contributed by atoms with Crippen LogP contribution in [0.15, 0.2) is 0 Å². The summed E-state index contributed by atoms with van der Waals surface area (Å²) in [7, 11) is -0.785. The highest BCUT2D eigenvalue weighted by atomic mass is 32.2. The number of rotatable bonds is 6. The van der Waals surface area contributed by atoms with Gasteiger partial charge >= 0.3 is 0 Å². The molecule has 4 heteroatoms. The highest BCUT2D eigenvalue weighted by Gasteiger charge is 2.30. The van der Waals surface area contributed by atoms with Crippen molar-refractivity contribution >= 4 is 10.8 Å². The number of hydrogen-bond donors (Lipinski definition) is 1. The van der Waals surface area contributed by atoms with Gasteiger partial charge in [0.15, 0.2) is 0 Å². The molecule has 0 amide bonds. The first kappa shape index (κ1) is 15.1. The first-order valence-corrected chi connectivity index (χ1v) is 7.96. The fourth-order valence-electron chi connectivity index (χ4n) is 1.97. The normalized spacial score (nSPS) is 24.8. The van der Waals surface area contributed by atoms with E-state index in [0.717, 1.165) is 38.4 Å². The second-order valence-electron chi connectivity index (χ2n) is 5.81. The fourth-order valence-corrected chi connectivity index (χ4v) is 3.19. The first-order chi connectivity index (χ1) is 7.95. The molecule has 3 unspecified atom stereocenters. The summed E-state index contributed by atoms with van der Waals surface area (Å²) in [5, 5.41) is 3.54. The summed E-state index contributed by atoms with van der Waals surface area (Å²) in [6, 6.07) is 0.345. The summed E-state index contributed by atoms with van der Waals surface area (Å²) in [6.45, 7) is 11.0. The predicted octanol–water partition coefficient (Wildman–Crippen LogP) is 1.94. The zero-order valence-electron chi connectivity index (χ0n) is 11.6. The van der Waals surface area contributed by atoms with Crippen LogP contribution in [-0.2, 0) is 15.5 Å². The van der Waals surface area contributed by atoms with Crippen molar-refractivity contribution in [2.75, 3.05) is 25.5 Å². The molecular weight excluding hydrogens is 234 g/mol. The van der Waals surface area contributed by atoms with E-state index in [0.29, 0.717) is 12.0 Å². The molecule has 0 aromatic rings. The van der Waals surface area contributed by atoms with Crippen molar-refractivity contribution in [3.63, 3.8) is 0 Å². The van der Waals surface area contributed by atoms with Crippen LogP contribution in [0.25, 0.3) is 0 Å². The van der Waals surface area contributed by atoms with Gasteiger partial charge in [0.2, 0.25) is 0 Å². The molecule has 0 aromatic heterocycles. The van der Waals surface area contributed by atoms with Crippen LogP contribution in [-0.4, -0.2) is 40.5 Å². The van der Waals surface area contributed by atoms with Crippen molar-refractivity contribution in [3.05, 3.63) is 0 Å². The first-order valence-electron chi connectivity index (χ1n) is 6.64. The molecule has 0 aliphatic carbocycles. The van der Waals surface area contributed by atoms with Gasteiger partial charge in [0.05, 0.1) is 6.61 Å². The second kappa shape index (κ2) is 6.86. The maximum Gasteiger partial charge on any atom is 0.0510 e. The fraction of sp³-hybridized carbons (Fsp3) is 1.00. The van der Waals surface area contributed by atoms with Crippen molar-refractivity contribution in [3.8, 4) is 0 Å². The molecule has 17 heavy (non-hydrogen) atoms. The van der Waals surface area contributed by atoms with Crippen LogP contribution in [0, 0.1) is 5.92 Å². The smallest absolute Gasteiger partial charge is 0.0510 e. The van der Waals surface area contributed by atoms with Crippen molar-refractivity contribution in [2.45, 2.75) is 51.3 Å². The summed E-state index contributed by atoms with van der Waals surface area (Å²) in [6.07, 6.45) is 2.22. The Kier molecular flexibility index (Phi) is 6.10. The Morgan fingerprint density at radius 2 is 2.18 bits per heavy atom. The van der Waals surface area contributed by atoms with Crippen LogP contribution < -0.4 is 5.32 Å². The van der Waals surface area contributed by atoms with Gasteiger partial charge < -0.3 is 10.1 Å². The Morgan fingerprint density at radius 3 is 2.65 bits per heavy atom. The van der Waals surface area contributed by atoms with Crippen LogP contribution in [0.3, 0.4) is 0 Å². The van der Waals surface area contributed by atoms with E-state index in [1.54, 1.807) is 0 Å². The van der Waals surface area contributed by atoms with Crippen LogP contribution in [0.5, 0.6) is 0 Å². The Morgan fingerprint density at radius 1 is 1.47 bits per heavy atom. The van der Waals surface area contributed by atoms with E-state index in [1.165, 1.54) is 0 Å². The van der Waals surface area contributed by atoms with Crippen molar-refractivity contribution in [1.82, 2.24) is 5.32 Å². The molecule has 0 bridgehead atoms. The summed E-state index contributed by atoms with van der Waals surface area (Å²) >= 11 is 0. The third-order valence-electron chi connectivity index (χ3n) is 3.20. The average molecular weight is 261 g/mol. The van der Waals surface area contributed by atoms with E-state index < -0.39 is 10.8 Å². The molecule has 3 atom stereocenters. The Bertz CT molecular complexity index is 244. The van der Waals surface area contributed by atoms with E-state index in [-0.39, 0.29) is 4.75 Å². The lowest BCUT2D eigenvalue weighted by Crippen LogP contribution is -2.43. The summed E-state index contributed by atoms with van der Waals surface area (Å²) < 4.78 is 17.6. The molecule has 0 radical (unpaired) electrons. The summed E-state index contributed by atoms with van der Waals surface area (Å²) in [5.74, 6) is 1.28. The zero-order valence-corrected chi connectivity index (χ0v) is 12.4. The molecular formula is C13H27NO2S. The monoisotopic (exact) mass is 261 g/mol. The lowest BCUT2D eigenvalue weighted by atomic mass is 10.0. The number of ether oxygens (including phenoxy) is 1. The SMILES string of the molecule is CCCNC(CS(=O)C(C)(C)C)C1CCOC1. The quantitative estimate of drug-likeness (QED) is 0.794. The second-order valence-corrected chi connectivity index (χ2v) is 8.06. The minimum Gasteiger partial charge on any atom is -0.381 e. The van der Waals surface area contributed by atoms with Crippen LogP contribution >= 0.6 is 0 Å². The van der Waals surface area contributed by atoms with E-state index in [1.807, 2.05) is 20.8 Å². The van der Waals surface area contributed by atoms with Gasteiger partial charge in [-0.25, -0.2) is 0 Å². The largest absolute Gasteiger partial charge is 0.381 e. The lowest BCUT2D eigenvalue weighted by Gasteiger charge is -2.27. The number of nitrogens with one attached hydrogen (secondary N) is 1. The Hall–Kier alpha value is 0.0700. The standard InChI is InChI=1S/C13H27NO2S/c1-5-7-14-12(11-6-8-16-9-11)10-17(15)13(2,3)4/h11-12,14H,5-10H2,1-4H3. The molecule has 0 spiro atoms. The maximum atomic E-state index is 12.2. The minimum absolute atomic E-state index is 0.119. The number of hydrogen-bond acceptors (Lipinski definition) is 3.